The van der Waals surface area contributed by atoms with Crippen LogP contribution in [0.3, 0.4) is 0 Å². The number of nitrogens with zero attached hydrogens (tertiary/aromatic N) is 3. The zero-order valence-corrected chi connectivity index (χ0v) is 24.8. The highest BCUT2D eigenvalue weighted by Gasteiger charge is 2.34. The van der Waals surface area contributed by atoms with Crippen molar-refractivity contribution in [2.45, 2.75) is 50.2 Å². The Labute approximate surface area is 244 Å². The molecule has 1 saturated heterocycles. The number of aromatic amines is 1. The highest BCUT2D eigenvalue weighted by atomic mass is 35.5. The van der Waals surface area contributed by atoms with Gasteiger partial charge in [0.05, 0.1) is 33.1 Å². The monoisotopic (exact) mass is 636 g/mol. The van der Waals surface area contributed by atoms with Gasteiger partial charge in [-0.1, -0.05) is 30.1 Å². The number of likely N-dealkylation sites (N-methyl/N-ethyl adjacent to an activating group) is 1. The number of rotatable bonds is 8. The lowest BCUT2D eigenvalue weighted by molar-refractivity contribution is -0.274. The maximum absolute atomic E-state index is 13.5. The molecule has 0 aliphatic carbocycles. The maximum atomic E-state index is 13.5. The molecule has 4 rings (SSSR count). The largest absolute Gasteiger partial charge is 0.573 e. The molecule has 1 N–H and O–H groups in total. The molecule has 1 aliphatic rings. The van der Waals surface area contributed by atoms with Gasteiger partial charge in [0.1, 0.15) is 5.75 Å². The van der Waals surface area contributed by atoms with E-state index in [4.69, 9.17) is 23.2 Å². The van der Waals surface area contributed by atoms with Crippen LogP contribution >= 0.6 is 23.2 Å². The van der Waals surface area contributed by atoms with Gasteiger partial charge in [-0.15, -0.1) is 13.2 Å². The fourth-order valence-corrected chi connectivity index (χ4v) is 6.60. The predicted octanol–water partition coefficient (Wildman–Crippen LogP) is 4.26. The van der Waals surface area contributed by atoms with Gasteiger partial charge in [-0.3, -0.25) is 14.3 Å². The molecule has 1 unspecified atom stereocenters. The molecule has 1 fully saturated rings. The lowest BCUT2D eigenvalue weighted by atomic mass is 10.0. The number of likely N-dealkylation sites (tertiary alicyclic amines) is 1. The Bertz CT molecular complexity index is 1690. The van der Waals surface area contributed by atoms with Crippen molar-refractivity contribution in [3.8, 4) is 5.75 Å². The second-order valence-corrected chi connectivity index (χ2v) is 13.2. The number of nitrogens with one attached hydrogen (secondary N) is 1. The van der Waals surface area contributed by atoms with E-state index < -0.39 is 39.7 Å². The van der Waals surface area contributed by atoms with E-state index in [-0.39, 0.29) is 55.3 Å². The number of aromatic nitrogens is 2. The average Bonchev–Trinajstić information content (AvgIpc) is 2.89. The lowest BCUT2D eigenvalue weighted by Gasteiger charge is -2.36. The number of piperidine rings is 1. The molecule has 41 heavy (non-hydrogen) atoms. The minimum atomic E-state index is -5.08. The molecule has 0 saturated carbocycles. The molecule has 2 heterocycles. The summed E-state index contributed by atoms with van der Waals surface area (Å²) in [6.07, 6.45) is -3.32. The Morgan fingerprint density at radius 1 is 1.15 bits per heavy atom. The van der Waals surface area contributed by atoms with Crippen molar-refractivity contribution in [3.05, 3.63) is 66.3 Å². The number of hydrogen-bond acceptors (Lipinski definition) is 7. The lowest BCUT2D eigenvalue weighted by Crippen LogP contribution is -2.44. The summed E-state index contributed by atoms with van der Waals surface area (Å²) < 4.78 is 70.6. The van der Waals surface area contributed by atoms with Crippen LogP contribution in [0, 0.1) is 0 Å². The first-order chi connectivity index (χ1) is 19.1. The zero-order valence-electron chi connectivity index (χ0n) is 22.5. The fraction of sp³-hybridized carbons (Fsp3) is 0.462. The smallest absolute Gasteiger partial charge is 0.405 e. The van der Waals surface area contributed by atoms with Crippen LogP contribution in [-0.4, -0.2) is 73.1 Å². The van der Waals surface area contributed by atoms with Crippen LogP contribution in [0.5, 0.6) is 5.75 Å². The Kier molecular flexibility index (Phi) is 9.15. The maximum Gasteiger partial charge on any atom is 0.573 e. The summed E-state index contributed by atoms with van der Waals surface area (Å²) in [6.45, 7) is 2.12. The molecule has 0 bridgehead atoms. The van der Waals surface area contributed by atoms with Crippen molar-refractivity contribution < 1.29 is 26.3 Å². The van der Waals surface area contributed by atoms with Crippen molar-refractivity contribution in [1.82, 2.24) is 19.4 Å². The fourth-order valence-electron chi connectivity index (χ4n) is 5.00. The molecule has 1 aromatic heterocycles. The molecular formula is C26H29Cl2F3N4O5S. The quantitative estimate of drug-likeness (QED) is 0.394. The van der Waals surface area contributed by atoms with E-state index in [1.54, 1.807) is 0 Å². The molecule has 15 heteroatoms. The van der Waals surface area contributed by atoms with E-state index >= 15 is 0 Å². The van der Waals surface area contributed by atoms with Crippen molar-refractivity contribution in [2.24, 2.45) is 0 Å². The van der Waals surface area contributed by atoms with Gasteiger partial charge in [0.2, 0.25) is 0 Å². The molecule has 0 spiro atoms. The van der Waals surface area contributed by atoms with E-state index in [0.717, 1.165) is 18.9 Å². The Morgan fingerprint density at radius 2 is 1.85 bits per heavy atom. The Morgan fingerprint density at radius 3 is 2.49 bits per heavy atom. The first kappa shape index (κ1) is 31.4. The Balaban J connectivity index is 1.86. The number of alkyl halides is 3. The van der Waals surface area contributed by atoms with Gasteiger partial charge < -0.3 is 14.6 Å². The molecule has 1 atom stereocenters. The number of sulfone groups is 1. The minimum absolute atomic E-state index is 0.00358. The van der Waals surface area contributed by atoms with Gasteiger partial charge in [-0.05, 0) is 63.3 Å². The minimum Gasteiger partial charge on any atom is -0.405 e. The van der Waals surface area contributed by atoms with E-state index in [1.807, 2.05) is 23.9 Å². The number of benzene rings is 2. The van der Waals surface area contributed by atoms with E-state index in [0.29, 0.717) is 17.7 Å². The van der Waals surface area contributed by atoms with Crippen molar-refractivity contribution in [3.63, 3.8) is 0 Å². The summed E-state index contributed by atoms with van der Waals surface area (Å²) in [5.41, 5.74) is -1.99. The van der Waals surface area contributed by atoms with Crippen molar-refractivity contribution in [1.29, 1.82) is 0 Å². The second-order valence-electron chi connectivity index (χ2n) is 10.1. The van der Waals surface area contributed by atoms with Crippen LogP contribution < -0.4 is 16.0 Å². The molecule has 9 nitrogen and oxygen atoms in total. The average molecular weight is 638 g/mol. The SMILES string of the molecule is CCS(=O)(=O)c1ccc(Cl)cc1Cn1c(=O)[nH]c2c(Cl)c(CN3CCCC(N(C)C)C3)c(OC(F)(F)F)cc2c1=O. The Hall–Kier alpha value is -2.58. The van der Waals surface area contributed by atoms with Crippen LogP contribution in [0.2, 0.25) is 10.0 Å². The normalized spacial score (nSPS) is 17.0. The van der Waals surface area contributed by atoms with Gasteiger partial charge in [0.25, 0.3) is 5.56 Å². The van der Waals surface area contributed by atoms with Crippen LogP contribution in [0.15, 0.2) is 38.8 Å². The zero-order chi connectivity index (χ0) is 30.3. The van der Waals surface area contributed by atoms with Crippen LogP contribution in [0.4, 0.5) is 13.2 Å². The summed E-state index contributed by atoms with van der Waals surface area (Å²) in [6, 6.07) is 5.06. The van der Waals surface area contributed by atoms with E-state index in [1.165, 1.54) is 25.1 Å². The molecule has 0 radical (unpaired) electrons. The third-order valence-corrected chi connectivity index (χ3v) is 9.64. The topological polar surface area (TPSA) is 105 Å². The summed E-state index contributed by atoms with van der Waals surface area (Å²) in [4.78, 5) is 33.0. The summed E-state index contributed by atoms with van der Waals surface area (Å²) in [5, 5.41) is -0.403. The van der Waals surface area contributed by atoms with Crippen LogP contribution in [0.25, 0.3) is 10.9 Å². The first-order valence-corrected chi connectivity index (χ1v) is 15.2. The van der Waals surface area contributed by atoms with Crippen molar-refractivity contribution >= 4 is 43.9 Å². The molecule has 3 aromatic rings. The van der Waals surface area contributed by atoms with Gasteiger partial charge >= 0.3 is 12.1 Å². The summed E-state index contributed by atoms with van der Waals surface area (Å²) >= 11 is 12.6. The number of ether oxygens (including phenoxy) is 1. The molecule has 224 valence electrons. The van der Waals surface area contributed by atoms with Crippen LogP contribution in [-0.2, 0) is 22.9 Å². The summed E-state index contributed by atoms with van der Waals surface area (Å²) in [7, 11) is 0.0946. The van der Waals surface area contributed by atoms with E-state index in [9.17, 15) is 31.2 Å². The summed E-state index contributed by atoms with van der Waals surface area (Å²) in [5.74, 6) is -0.900. The highest BCUT2D eigenvalue weighted by molar-refractivity contribution is 7.91. The highest BCUT2D eigenvalue weighted by Crippen LogP contribution is 2.37. The number of fused-ring (bicyclic) bond motifs is 1. The van der Waals surface area contributed by atoms with Crippen molar-refractivity contribution in [2.75, 3.05) is 32.9 Å². The number of hydrogen-bond donors (Lipinski definition) is 1. The second kappa shape index (κ2) is 12.0. The van der Waals surface area contributed by atoms with Gasteiger partial charge in [-0.2, -0.15) is 0 Å². The van der Waals surface area contributed by atoms with Crippen LogP contribution in [0.1, 0.15) is 30.9 Å². The molecule has 0 amide bonds. The van der Waals surface area contributed by atoms with E-state index in [2.05, 4.69) is 9.72 Å². The number of halogens is 5. The third kappa shape index (κ3) is 6.91. The number of H-pyrrole nitrogens is 1. The third-order valence-electron chi connectivity index (χ3n) is 7.16. The van der Waals surface area contributed by atoms with Gasteiger partial charge in [0.15, 0.2) is 9.84 Å². The van der Waals surface area contributed by atoms with Gasteiger partial charge in [0, 0.05) is 29.7 Å². The molecular weight excluding hydrogens is 608 g/mol. The first-order valence-electron chi connectivity index (χ1n) is 12.7. The molecule has 1 aliphatic heterocycles. The predicted molar refractivity (Wildman–Crippen MR) is 151 cm³/mol. The molecule has 2 aromatic carbocycles. The standard InChI is InChI=1S/C26H29Cl2F3N4O5S/c1-4-41(38,39)21-8-7-16(27)10-15(21)12-35-24(36)18-11-20(40-26(29,30)31)19(22(28)23(18)32-25(35)37)14-34-9-5-6-17(13-34)33(2)3/h7-8,10-11,17H,4-6,9,12-14H2,1-3H3,(H,32,37). The van der Waals surface area contributed by atoms with Gasteiger partial charge in [-0.25, -0.2) is 13.2 Å².